The van der Waals surface area contributed by atoms with Crippen molar-refractivity contribution >= 4 is 12.1 Å². The van der Waals surface area contributed by atoms with Crippen LogP contribution in [0.4, 0.5) is 4.79 Å². The molecule has 2 heterocycles. The minimum atomic E-state index is -0.557. The summed E-state index contributed by atoms with van der Waals surface area (Å²) in [4.78, 5) is 29.6. The second kappa shape index (κ2) is 12.5. The number of hydrogen-bond acceptors (Lipinski definition) is 7. The predicted octanol–water partition coefficient (Wildman–Crippen LogP) is 4.00. The third-order valence-electron chi connectivity index (χ3n) is 7.19. The van der Waals surface area contributed by atoms with Crippen molar-refractivity contribution in [1.29, 1.82) is 0 Å². The fourth-order valence-electron chi connectivity index (χ4n) is 5.54. The van der Waals surface area contributed by atoms with Crippen LogP contribution in [0.5, 0.6) is 0 Å². The Morgan fingerprint density at radius 1 is 0.912 bits per heavy atom. The van der Waals surface area contributed by atoms with E-state index in [0.717, 1.165) is 38.8 Å². The van der Waals surface area contributed by atoms with Gasteiger partial charge in [-0.15, -0.1) is 0 Å². The molecule has 0 aromatic rings. The highest BCUT2D eigenvalue weighted by Crippen LogP contribution is 2.32. The summed E-state index contributed by atoms with van der Waals surface area (Å²) in [6.07, 6.45) is 6.56. The van der Waals surface area contributed by atoms with Gasteiger partial charge in [0, 0.05) is 13.2 Å². The molecule has 3 fully saturated rings. The first-order valence-corrected chi connectivity index (χ1v) is 13.4. The molecule has 1 amide bonds. The minimum absolute atomic E-state index is 0.0239. The molecule has 8 nitrogen and oxygen atoms in total. The van der Waals surface area contributed by atoms with Gasteiger partial charge in [-0.2, -0.15) is 0 Å². The molecule has 3 atom stereocenters. The first-order valence-electron chi connectivity index (χ1n) is 13.4. The summed E-state index contributed by atoms with van der Waals surface area (Å²) in [6.45, 7) is 13.7. The van der Waals surface area contributed by atoms with Gasteiger partial charge in [-0.05, 0) is 86.2 Å². The molecular weight excluding hydrogens is 436 g/mol. The van der Waals surface area contributed by atoms with Gasteiger partial charge in [-0.25, -0.2) is 4.79 Å². The van der Waals surface area contributed by atoms with E-state index in [-0.39, 0.29) is 42.3 Å². The molecule has 0 spiro atoms. The SMILES string of the molecule is CCOC(=O)C1CCC(OC[C@@H]2[C@@H](OCC)[C@H](N3CCCCC3)CN2C(=O)OC(C)(C)C)CC1. The van der Waals surface area contributed by atoms with Crippen LogP contribution in [0, 0.1) is 5.92 Å². The van der Waals surface area contributed by atoms with E-state index in [0.29, 0.717) is 26.4 Å². The molecule has 0 N–H and O–H groups in total. The van der Waals surface area contributed by atoms with Gasteiger partial charge in [0.15, 0.2) is 0 Å². The van der Waals surface area contributed by atoms with Crippen molar-refractivity contribution in [2.75, 3.05) is 39.5 Å². The van der Waals surface area contributed by atoms with Gasteiger partial charge in [-0.3, -0.25) is 14.6 Å². The van der Waals surface area contributed by atoms with Crippen molar-refractivity contribution in [3.8, 4) is 0 Å². The molecule has 2 saturated heterocycles. The first kappa shape index (κ1) is 27.2. The van der Waals surface area contributed by atoms with E-state index in [1.807, 2.05) is 39.5 Å². The monoisotopic (exact) mass is 482 g/mol. The zero-order chi connectivity index (χ0) is 24.7. The summed E-state index contributed by atoms with van der Waals surface area (Å²) in [5, 5.41) is 0. The highest BCUT2D eigenvalue weighted by Gasteiger charge is 2.48. The molecule has 0 aromatic heterocycles. The van der Waals surface area contributed by atoms with Crippen LogP contribution in [0.2, 0.25) is 0 Å². The number of nitrogens with zero attached hydrogens (tertiary/aromatic N) is 2. The van der Waals surface area contributed by atoms with Crippen LogP contribution in [0.15, 0.2) is 0 Å². The number of piperidine rings is 1. The number of amides is 1. The van der Waals surface area contributed by atoms with Crippen LogP contribution < -0.4 is 0 Å². The Balaban J connectivity index is 1.67. The van der Waals surface area contributed by atoms with Crippen LogP contribution in [-0.4, -0.2) is 91.2 Å². The third-order valence-corrected chi connectivity index (χ3v) is 7.19. The van der Waals surface area contributed by atoms with E-state index in [9.17, 15) is 9.59 Å². The molecule has 0 radical (unpaired) electrons. The van der Waals surface area contributed by atoms with Crippen LogP contribution in [0.3, 0.4) is 0 Å². The van der Waals surface area contributed by atoms with Gasteiger partial charge in [0.25, 0.3) is 0 Å². The Morgan fingerprint density at radius 3 is 2.18 bits per heavy atom. The zero-order valence-corrected chi connectivity index (χ0v) is 21.9. The molecule has 0 bridgehead atoms. The molecule has 8 heteroatoms. The quantitative estimate of drug-likeness (QED) is 0.484. The van der Waals surface area contributed by atoms with Gasteiger partial charge >= 0.3 is 12.1 Å². The molecular formula is C26H46N2O6. The topological polar surface area (TPSA) is 77.5 Å². The summed E-state index contributed by atoms with van der Waals surface area (Å²) in [5.74, 6) is -0.113. The standard InChI is InChI=1S/C26H46N2O6/c1-6-31-23-21(27-15-9-8-10-16-27)17-28(25(30)34-26(3,4)5)22(23)18-33-20-13-11-19(12-14-20)24(29)32-7-2/h19-23H,6-18H2,1-5H3/t19?,20?,21-,22-,23+/m1/s1. The summed E-state index contributed by atoms with van der Waals surface area (Å²) in [5.41, 5.74) is -0.557. The van der Waals surface area contributed by atoms with Crippen molar-refractivity contribution < 1.29 is 28.5 Å². The van der Waals surface area contributed by atoms with Crippen molar-refractivity contribution in [3.05, 3.63) is 0 Å². The lowest BCUT2D eigenvalue weighted by molar-refractivity contribution is -0.150. The lowest BCUT2D eigenvalue weighted by Gasteiger charge is -2.36. The third kappa shape index (κ3) is 7.31. The second-order valence-electron chi connectivity index (χ2n) is 10.8. The van der Waals surface area contributed by atoms with Crippen LogP contribution in [0.1, 0.15) is 79.6 Å². The maximum absolute atomic E-state index is 13.2. The van der Waals surface area contributed by atoms with Gasteiger partial charge in [-0.1, -0.05) is 6.42 Å². The van der Waals surface area contributed by atoms with E-state index in [1.54, 1.807) is 0 Å². The van der Waals surface area contributed by atoms with Crippen LogP contribution in [-0.2, 0) is 23.7 Å². The lowest BCUT2D eigenvalue weighted by Crippen LogP contribution is -2.49. The largest absolute Gasteiger partial charge is 0.466 e. The van der Waals surface area contributed by atoms with E-state index < -0.39 is 5.60 Å². The summed E-state index contributed by atoms with van der Waals surface area (Å²) in [6, 6.07) is -0.0366. The normalized spacial score (nSPS) is 30.9. The molecule has 1 saturated carbocycles. The van der Waals surface area contributed by atoms with Gasteiger partial charge < -0.3 is 18.9 Å². The fourth-order valence-corrected chi connectivity index (χ4v) is 5.54. The number of rotatable bonds is 8. The Hall–Kier alpha value is -1.38. The van der Waals surface area contributed by atoms with Crippen molar-refractivity contribution in [2.45, 2.75) is 109 Å². The second-order valence-corrected chi connectivity index (χ2v) is 10.8. The smallest absolute Gasteiger partial charge is 0.410 e. The first-order chi connectivity index (χ1) is 16.2. The molecule has 0 unspecified atom stereocenters. The number of likely N-dealkylation sites (tertiary alicyclic amines) is 2. The van der Waals surface area contributed by atoms with E-state index in [4.69, 9.17) is 18.9 Å². The predicted molar refractivity (Wildman–Crippen MR) is 130 cm³/mol. The molecule has 0 aromatic carbocycles. The highest BCUT2D eigenvalue weighted by molar-refractivity contribution is 5.72. The molecule has 1 aliphatic carbocycles. The summed E-state index contributed by atoms with van der Waals surface area (Å²) in [7, 11) is 0. The van der Waals surface area contributed by atoms with E-state index in [2.05, 4.69) is 4.90 Å². The van der Waals surface area contributed by atoms with Gasteiger partial charge in [0.2, 0.25) is 0 Å². The molecule has 196 valence electrons. The highest BCUT2D eigenvalue weighted by atomic mass is 16.6. The lowest BCUT2D eigenvalue weighted by atomic mass is 9.87. The maximum atomic E-state index is 13.2. The number of hydrogen-bond donors (Lipinski definition) is 0. The summed E-state index contributed by atoms with van der Waals surface area (Å²) >= 11 is 0. The van der Waals surface area contributed by atoms with Crippen molar-refractivity contribution in [2.24, 2.45) is 5.92 Å². The molecule has 2 aliphatic heterocycles. The van der Waals surface area contributed by atoms with Crippen LogP contribution >= 0.6 is 0 Å². The maximum Gasteiger partial charge on any atom is 0.410 e. The Labute approximate surface area is 205 Å². The van der Waals surface area contributed by atoms with E-state index >= 15 is 0 Å². The van der Waals surface area contributed by atoms with Crippen molar-refractivity contribution in [1.82, 2.24) is 9.80 Å². The van der Waals surface area contributed by atoms with Gasteiger partial charge in [0.05, 0.1) is 43.4 Å². The van der Waals surface area contributed by atoms with Gasteiger partial charge in [0.1, 0.15) is 5.60 Å². The number of ether oxygens (including phenoxy) is 4. The average molecular weight is 483 g/mol. The average Bonchev–Trinajstić information content (AvgIpc) is 3.16. The zero-order valence-electron chi connectivity index (χ0n) is 21.9. The Kier molecular flexibility index (Phi) is 10.0. The molecule has 3 rings (SSSR count). The molecule has 3 aliphatic rings. The number of carbonyl (C=O) groups is 2. The van der Waals surface area contributed by atoms with Crippen molar-refractivity contribution in [3.63, 3.8) is 0 Å². The minimum Gasteiger partial charge on any atom is -0.466 e. The summed E-state index contributed by atoms with van der Waals surface area (Å²) < 4.78 is 23.6. The van der Waals surface area contributed by atoms with Crippen LogP contribution in [0.25, 0.3) is 0 Å². The number of carbonyl (C=O) groups excluding carboxylic acids is 2. The van der Waals surface area contributed by atoms with E-state index in [1.165, 1.54) is 19.3 Å². The Morgan fingerprint density at radius 2 is 1.59 bits per heavy atom. The number of esters is 1. The fraction of sp³-hybridized carbons (Fsp3) is 0.923. The Bertz CT molecular complexity index is 652. The molecule has 34 heavy (non-hydrogen) atoms.